The van der Waals surface area contributed by atoms with Crippen LogP contribution in [-0.4, -0.2) is 26.9 Å². The smallest absolute Gasteiger partial charge is 0.226 e. The van der Waals surface area contributed by atoms with E-state index in [1.165, 1.54) is 0 Å². The van der Waals surface area contributed by atoms with Gasteiger partial charge in [0.25, 0.3) is 0 Å². The number of nitrogens with zero attached hydrogens (tertiary/aromatic N) is 4. The van der Waals surface area contributed by atoms with Gasteiger partial charge in [0.2, 0.25) is 11.8 Å². The Labute approximate surface area is 93.3 Å². The van der Waals surface area contributed by atoms with E-state index in [0.29, 0.717) is 18.4 Å². The van der Waals surface area contributed by atoms with Crippen molar-refractivity contribution >= 4 is 5.95 Å². The summed E-state index contributed by atoms with van der Waals surface area (Å²) in [6.45, 7) is 0.591. The molecule has 0 aliphatic rings. The van der Waals surface area contributed by atoms with Gasteiger partial charge in [0, 0.05) is 25.5 Å². The van der Waals surface area contributed by atoms with E-state index in [2.05, 4.69) is 20.4 Å². The Balaban J connectivity index is 1.99. The van der Waals surface area contributed by atoms with Crippen LogP contribution in [0.3, 0.4) is 0 Å². The summed E-state index contributed by atoms with van der Waals surface area (Å²) in [6.07, 6.45) is 3.54. The van der Waals surface area contributed by atoms with Gasteiger partial charge in [-0.15, -0.1) is 0 Å². The third-order valence-corrected chi connectivity index (χ3v) is 2.04. The SMILES string of the molecule is COc1ccnc(NCc2ccn(C)n2)n1. The van der Waals surface area contributed by atoms with Crippen LogP contribution in [0.2, 0.25) is 0 Å². The van der Waals surface area contributed by atoms with E-state index < -0.39 is 0 Å². The highest BCUT2D eigenvalue weighted by Crippen LogP contribution is 2.08. The van der Waals surface area contributed by atoms with Crippen LogP contribution in [0, 0.1) is 0 Å². The predicted octanol–water partition coefficient (Wildman–Crippen LogP) is 0.831. The normalized spacial score (nSPS) is 10.1. The maximum absolute atomic E-state index is 5.00. The van der Waals surface area contributed by atoms with E-state index in [9.17, 15) is 0 Å². The molecule has 1 N–H and O–H groups in total. The van der Waals surface area contributed by atoms with Gasteiger partial charge < -0.3 is 10.1 Å². The molecule has 0 fully saturated rings. The average molecular weight is 219 g/mol. The molecule has 0 aromatic carbocycles. The minimum atomic E-state index is 0.532. The second-order valence-electron chi connectivity index (χ2n) is 3.26. The lowest BCUT2D eigenvalue weighted by Crippen LogP contribution is -2.05. The van der Waals surface area contributed by atoms with E-state index >= 15 is 0 Å². The summed E-state index contributed by atoms with van der Waals surface area (Å²) in [4.78, 5) is 8.21. The van der Waals surface area contributed by atoms with Crippen LogP contribution in [0.25, 0.3) is 0 Å². The van der Waals surface area contributed by atoms with E-state index in [1.807, 2.05) is 19.3 Å². The molecular formula is C10H13N5O. The summed E-state index contributed by atoms with van der Waals surface area (Å²) in [7, 11) is 3.45. The molecule has 0 bridgehead atoms. The summed E-state index contributed by atoms with van der Waals surface area (Å²) in [5, 5.41) is 7.31. The highest BCUT2D eigenvalue weighted by atomic mass is 16.5. The van der Waals surface area contributed by atoms with Crippen molar-refractivity contribution in [3.8, 4) is 5.88 Å². The van der Waals surface area contributed by atoms with E-state index in [4.69, 9.17) is 4.74 Å². The van der Waals surface area contributed by atoms with Crippen molar-refractivity contribution in [3.05, 3.63) is 30.2 Å². The molecule has 2 heterocycles. The molecule has 2 aromatic heterocycles. The Hall–Kier alpha value is -2.11. The first-order valence-corrected chi connectivity index (χ1v) is 4.87. The molecule has 0 amide bonds. The van der Waals surface area contributed by atoms with E-state index in [1.54, 1.807) is 24.1 Å². The summed E-state index contributed by atoms with van der Waals surface area (Å²) in [6, 6.07) is 3.64. The minimum Gasteiger partial charge on any atom is -0.481 e. The number of rotatable bonds is 4. The molecule has 0 atom stereocenters. The number of aryl methyl sites for hydroxylation is 1. The molecule has 6 nitrogen and oxygen atoms in total. The molecule has 0 spiro atoms. The first-order valence-electron chi connectivity index (χ1n) is 4.87. The fraction of sp³-hybridized carbons (Fsp3) is 0.300. The molecule has 16 heavy (non-hydrogen) atoms. The van der Waals surface area contributed by atoms with Crippen LogP contribution in [0.4, 0.5) is 5.95 Å². The van der Waals surface area contributed by atoms with Crippen molar-refractivity contribution in [1.82, 2.24) is 19.7 Å². The van der Waals surface area contributed by atoms with Crippen LogP contribution in [0.15, 0.2) is 24.5 Å². The van der Waals surface area contributed by atoms with Gasteiger partial charge >= 0.3 is 0 Å². The van der Waals surface area contributed by atoms with Gasteiger partial charge in [0.15, 0.2) is 0 Å². The number of hydrogen-bond donors (Lipinski definition) is 1. The number of aromatic nitrogens is 4. The summed E-state index contributed by atoms with van der Waals surface area (Å²) in [5.41, 5.74) is 0.939. The summed E-state index contributed by atoms with van der Waals surface area (Å²) >= 11 is 0. The number of methoxy groups -OCH3 is 1. The van der Waals surface area contributed by atoms with Gasteiger partial charge in [-0.3, -0.25) is 4.68 Å². The minimum absolute atomic E-state index is 0.532. The number of nitrogens with one attached hydrogen (secondary N) is 1. The topological polar surface area (TPSA) is 64.9 Å². The number of ether oxygens (including phenoxy) is 1. The second kappa shape index (κ2) is 4.61. The monoisotopic (exact) mass is 219 g/mol. The molecular weight excluding hydrogens is 206 g/mol. The molecule has 2 aromatic rings. The molecule has 84 valence electrons. The highest BCUT2D eigenvalue weighted by Gasteiger charge is 2.00. The van der Waals surface area contributed by atoms with Crippen LogP contribution in [0.5, 0.6) is 5.88 Å². The van der Waals surface area contributed by atoms with Gasteiger partial charge in [-0.1, -0.05) is 0 Å². The molecule has 0 aliphatic heterocycles. The van der Waals surface area contributed by atoms with Gasteiger partial charge in [0.05, 0.1) is 19.3 Å². The summed E-state index contributed by atoms with van der Waals surface area (Å²) < 4.78 is 6.75. The standard InChI is InChI=1S/C10H13N5O/c1-15-6-4-8(14-15)7-12-10-11-5-3-9(13-10)16-2/h3-6H,7H2,1-2H3,(H,11,12,13). The molecule has 0 aliphatic carbocycles. The van der Waals surface area contributed by atoms with Crippen molar-refractivity contribution in [2.45, 2.75) is 6.54 Å². The van der Waals surface area contributed by atoms with Crippen molar-refractivity contribution in [3.63, 3.8) is 0 Å². The molecule has 0 saturated carbocycles. The largest absolute Gasteiger partial charge is 0.481 e. The maximum atomic E-state index is 5.00. The highest BCUT2D eigenvalue weighted by molar-refractivity contribution is 5.28. The first-order chi connectivity index (χ1) is 7.78. The van der Waals surface area contributed by atoms with E-state index in [-0.39, 0.29) is 0 Å². The number of hydrogen-bond acceptors (Lipinski definition) is 5. The quantitative estimate of drug-likeness (QED) is 0.825. The molecule has 0 saturated heterocycles. The molecule has 0 unspecified atom stereocenters. The molecule has 6 heteroatoms. The van der Waals surface area contributed by atoms with Crippen LogP contribution < -0.4 is 10.1 Å². The lowest BCUT2D eigenvalue weighted by molar-refractivity contribution is 0.397. The predicted molar refractivity (Wildman–Crippen MR) is 59.1 cm³/mol. The molecule has 2 rings (SSSR count). The van der Waals surface area contributed by atoms with Gasteiger partial charge in [0.1, 0.15) is 0 Å². The van der Waals surface area contributed by atoms with Crippen molar-refractivity contribution in [2.24, 2.45) is 7.05 Å². The lowest BCUT2D eigenvalue weighted by atomic mass is 10.4. The fourth-order valence-electron chi connectivity index (χ4n) is 1.27. The Morgan fingerprint density at radius 2 is 2.31 bits per heavy atom. The summed E-state index contributed by atoms with van der Waals surface area (Å²) in [5.74, 6) is 1.07. The second-order valence-corrected chi connectivity index (χ2v) is 3.26. The third kappa shape index (κ3) is 2.47. The maximum Gasteiger partial charge on any atom is 0.226 e. The van der Waals surface area contributed by atoms with Crippen LogP contribution >= 0.6 is 0 Å². The zero-order chi connectivity index (χ0) is 11.4. The van der Waals surface area contributed by atoms with Gasteiger partial charge in [-0.25, -0.2) is 4.98 Å². The first kappa shape index (κ1) is 10.4. The van der Waals surface area contributed by atoms with Crippen molar-refractivity contribution in [2.75, 3.05) is 12.4 Å². The molecule has 0 radical (unpaired) electrons. The number of anilines is 1. The lowest BCUT2D eigenvalue weighted by Gasteiger charge is -2.03. The van der Waals surface area contributed by atoms with Gasteiger partial charge in [-0.05, 0) is 6.07 Å². The van der Waals surface area contributed by atoms with Crippen LogP contribution in [-0.2, 0) is 13.6 Å². The zero-order valence-corrected chi connectivity index (χ0v) is 9.21. The Morgan fingerprint density at radius 3 is 3.00 bits per heavy atom. The Kier molecular flexibility index (Phi) is 3.00. The Bertz CT molecular complexity index is 468. The van der Waals surface area contributed by atoms with Crippen LogP contribution in [0.1, 0.15) is 5.69 Å². The van der Waals surface area contributed by atoms with Crippen molar-refractivity contribution < 1.29 is 4.74 Å². The Morgan fingerprint density at radius 1 is 1.44 bits per heavy atom. The third-order valence-electron chi connectivity index (χ3n) is 2.04. The van der Waals surface area contributed by atoms with Crippen molar-refractivity contribution in [1.29, 1.82) is 0 Å². The average Bonchev–Trinajstić information content (AvgIpc) is 2.73. The zero-order valence-electron chi connectivity index (χ0n) is 9.21. The fourth-order valence-corrected chi connectivity index (χ4v) is 1.27. The van der Waals surface area contributed by atoms with Gasteiger partial charge in [-0.2, -0.15) is 10.1 Å². The van der Waals surface area contributed by atoms with E-state index in [0.717, 1.165) is 5.69 Å².